The summed E-state index contributed by atoms with van der Waals surface area (Å²) in [5, 5.41) is 14.6. The number of carbonyl (C=O) groups is 4. The Bertz CT molecular complexity index is 1850. The molecule has 5 atom stereocenters. The predicted molar refractivity (Wildman–Crippen MR) is 192 cm³/mol. The van der Waals surface area contributed by atoms with E-state index in [0.717, 1.165) is 0 Å². The van der Waals surface area contributed by atoms with Gasteiger partial charge < -0.3 is 29.7 Å². The molecule has 15 nitrogen and oxygen atoms in total. The highest BCUT2D eigenvalue weighted by Crippen LogP contribution is 2.45. The topological polar surface area (TPSA) is 195 Å². The number of rotatable bonds is 12. The second-order valence-corrected chi connectivity index (χ2v) is 18.1. The molecule has 4 amide bonds. The van der Waals surface area contributed by atoms with Crippen molar-refractivity contribution in [1.82, 2.24) is 30.5 Å². The van der Waals surface area contributed by atoms with Gasteiger partial charge in [0.25, 0.3) is 5.91 Å². The van der Waals surface area contributed by atoms with Gasteiger partial charge in [-0.1, -0.05) is 39.0 Å². The number of likely N-dealkylation sites (tertiary alicyclic amines) is 1. The second kappa shape index (κ2) is 14.2. The molecular formula is C36H50N6O9S. The molecule has 1 unspecified atom stereocenters. The van der Waals surface area contributed by atoms with Crippen molar-refractivity contribution in [3.63, 3.8) is 0 Å². The van der Waals surface area contributed by atoms with Crippen LogP contribution < -0.4 is 24.8 Å². The van der Waals surface area contributed by atoms with Gasteiger partial charge in [0.05, 0.1) is 28.7 Å². The van der Waals surface area contributed by atoms with Crippen LogP contribution in [0.15, 0.2) is 36.9 Å². The lowest BCUT2D eigenvalue weighted by Crippen LogP contribution is -2.60. The first kappa shape index (κ1) is 38.8. The van der Waals surface area contributed by atoms with Crippen LogP contribution in [-0.4, -0.2) is 94.6 Å². The standard InChI is InChI=1S/C36H50N6O9S/c1-10-21-18-36(21,32(45)41-52(47,48)23-15-16-23)38-28(43)26-17-22(50-30-25-14-12-11-13-24(25)29(39-40-30)49-20(2)3)19-42(26)31(44)27(34(4,5)6)37-33(46)51-35(7,8)9/h10-14,20-23,26-27H,1,15-19H2,2-9H3,(H,37,46)(H,38,43)(H,41,45)/t21?,22-,26+,27-,36-/m1/s1. The summed E-state index contributed by atoms with van der Waals surface area (Å²) in [6.07, 6.45) is 0.770. The van der Waals surface area contributed by atoms with Gasteiger partial charge in [-0.3, -0.25) is 19.1 Å². The number of sulfonamides is 1. The van der Waals surface area contributed by atoms with Crippen molar-refractivity contribution in [2.75, 3.05) is 6.54 Å². The van der Waals surface area contributed by atoms with E-state index in [0.29, 0.717) is 29.5 Å². The molecule has 2 aromatic rings. The van der Waals surface area contributed by atoms with Gasteiger partial charge in [0.1, 0.15) is 29.3 Å². The van der Waals surface area contributed by atoms with Crippen LogP contribution in [0.4, 0.5) is 4.79 Å². The lowest BCUT2D eigenvalue weighted by molar-refractivity contribution is -0.143. The third-order valence-corrected chi connectivity index (χ3v) is 10.9. The molecule has 1 aromatic heterocycles. The average Bonchev–Trinajstić information content (AvgIpc) is 3.96. The zero-order valence-corrected chi connectivity index (χ0v) is 31.8. The Morgan fingerprint density at radius 2 is 1.63 bits per heavy atom. The maximum absolute atomic E-state index is 14.5. The van der Waals surface area contributed by atoms with E-state index < -0.39 is 79.7 Å². The molecule has 0 radical (unpaired) electrons. The normalized spacial score (nSPS) is 23.8. The molecule has 284 valence electrons. The molecule has 2 heterocycles. The summed E-state index contributed by atoms with van der Waals surface area (Å²) >= 11 is 0. The Morgan fingerprint density at radius 3 is 2.17 bits per heavy atom. The summed E-state index contributed by atoms with van der Waals surface area (Å²) in [5.74, 6) is -2.16. The number of ether oxygens (including phenoxy) is 3. The fraction of sp³-hybridized carbons (Fsp3) is 0.611. The highest BCUT2D eigenvalue weighted by atomic mass is 32.2. The summed E-state index contributed by atoms with van der Waals surface area (Å²) in [6, 6.07) is 4.96. The number of aromatic nitrogens is 2. The fourth-order valence-corrected chi connectivity index (χ4v) is 7.61. The van der Waals surface area contributed by atoms with Crippen molar-refractivity contribution in [2.45, 2.75) is 122 Å². The summed E-state index contributed by atoms with van der Waals surface area (Å²) < 4.78 is 45.2. The summed E-state index contributed by atoms with van der Waals surface area (Å²) in [6.45, 7) is 17.8. The molecule has 3 aliphatic rings. The van der Waals surface area contributed by atoms with Crippen molar-refractivity contribution < 1.29 is 41.8 Å². The van der Waals surface area contributed by atoms with Crippen LogP contribution >= 0.6 is 0 Å². The van der Waals surface area contributed by atoms with Crippen molar-refractivity contribution in [1.29, 1.82) is 0 Å². The summed E-state index contributed by atoms with van der Waals surface area (Å²) in [5.41, 5.74) is -3.23. The Morgan fingerprint density at radius 1 is 1.02 bits per heavy atom. The molecule has 2 saturated carbocycles. The molecule has 3 fully saturated rings. The SMILES string of the molecule is C=CC1C[C@]1(NC(=O)[C@@H]1C[C@@H](Oc2nnc(OC(C)C)c3ccccc23)CN1C(=O)[C@@H](NC(=O)OC(C)(C)C)C(C)(C)C)C(=O)NS(=O)(=O)C1CC1. The lowest BCUT2D eigenvalue weighted by atomic mass is 9.85. The van der Waals surface area contributed by atoms with E-state index in [1.807, 2.05) is 32.0 Å². The number of carbonyl (C=O) groups excluding carboxylic acids is 4. The van der Waals surface area contributed by atoms with Gasteiger partial charge in [0.2, 0.25) is 33.6 Å². The van der Waals surface area contributed by atoms with Crippen molar-refractivity contribution in [2.24, 2.45) is 11.3 Å². The maximum Gasteiger partial charge on any atom is 0.408 e. The number of hydrogen-bond donors (Lipinski definition) is 3. The van der Waals surface area contributed by atoms with E-state index in [-0.39, 0.29) is 31.4 Å². The minimum absolute atomic E-state index is 0.0159. The van der Waals surface area contributed by atoms with E-state index in [1.54, 1.807) is 47.6 Å². The fourth-order valence-electron chi connectivity index (χ4n) is 6.24. The van der Waals surface area contributed by atoms with E-state index in [2.05, 4.69) is 32.1 Å². The third kappa shape index (κ3) is 8.59. The van der Waals surface area contributed by atoms with Crippen LogP contribution in [0.3, 0.4) is 0 Å². The Kier molecular flexibility index (Phi) is 10.6. The zero-order valence-electron chi connectivity index (χ0n) is 31.0. The summed E-state index contributed by atoms with van der Waals surface area (Å²) in [7, 11) is -3.91. The minimum Gasteiger partial charge on any atom is -0.473 e. The Hall–Kier alpha value is -4.47. The third-order valence-electron chi connectivity index (χ3n) is 9.12. The number of nitrogens with one attached hydrogen (secondary N) is 3. The molecule has 1 aliphatic heterocycles. The molecule has 0 bridgehead atoms. The monoisotopic (exact) mass is 742 g/mol. The van der Waals surface area contributed by atoms with Crippen LogP contribution in [0.5, 0.6) is 11.8 Å². The number of hydrogen-bond acceptors (Lipinski definition) is 11. The molecule has 1 saturated heterocycles. The van der Waals surface area contributed by atoms with Crippen LogP contribution in [0.25, 0.3) is 10.8 Å². The Balaban J connectivity index is 1.46. The first-order valence-corrected chi connectivity index (χ1v) is 19.1. The first-order chi connectivity index (χ1) is 24.1. The van der Waals surface area contributed by atoms with Gasteiger partial charge in [-0.15, -0.1) is 16.8 Å². The number of alkyl carbamates (subject to hydrolysis) is 1. The first-order valence-electron chi connectivity index (χ1n) is 17.5. The van der Waals surface area contributed by atoms with E-state index in [4.69, 9.17) is 14.2 Å². The smallest absolute Gasteiger partial charge is 0.408 e. The highest BCUT2D eigenvalue weighted by Gasteiger charge is 2.62. The molecule has 3 N–H and O–H groups in total. The number of fused-ring (bicyclic) bond motifs is 1. The van der Waals surface area contributed by atoms with Crippen molar-refractivity contribution >= 4 is 44.6 Å². The lowest BCUT2D eigenvalue weighted by Gasteiger charge is -2.36. The molecule has 2 aliphatic carbocycles. The molecule has 52 heavy (non-hydrogen) atoms. The quantitative estimate of drug-likeness (QED) is 0.270. The van der Waals surface area contributed by atoms with Crippen LogP contribution in [-0.2, 0) is 29.1 Å². The van der Waals surface area contributed by atoms with Crippen LogP contribution in [0.1, 0.15) is 81.1 Å². The van der Waals surface area contributed by atoms with Crippen molar-refractivity contribution in [3.05, 3.63) is 36.9 Å². The van der Waals surface area contributed by atoms with Gasteiger partial charge in [-0.05, 0) is 71.4 Å². The Labute approximate surface area is 304 Å². The molecule has 16 heteroatoms. The van der Waals surface area contributed by atoms with E-state index in [1.165, 1.54) is 11.0 Å². The largest absolute Gasteiger partial charge is 0.473 e. The van der Waals surface area contributed by atoms with Gasteiger partial charge in [-0.2, -0.15) is 0 Å². The predicted octanol–water partition coefficient (Wildman–Crippen LogP) is 3.37. The molecule has 5 rings (SSSR count). The zero-order chi connectivity index (χ0) is 38.4. The van der Waals surface area contributed by atoms with Gasteiger partial charge in [-0.25, -0.2) is 13.2 Å². The molecular weight excluding hydrogens is 692 g/mol. The minimum atomic E-state index is -3.91. The number of nitrogens with zero attached hydrogens (tertiary/aromatic N) is 3. The highest BCUT2D eigenvalue weighted by molar-refractivity contribution is 7.91. The van der Waals surface area contributed by atoms with Crippen molar-refractivity contribution in [3.8, 4) is 11.8 Å². The van der Waals surface area contributed by atoms with Gasteiger partial charge in [0.15, 0.2) is 0 Å². The van der Waals surface area contributed by atoms with E-state index >= 15 is 0 Å². The summed E-state index contributed by atoms with van der Waals surface area (Å²) in [4.78, 5) is 56.5. The van der Waals surface area contributed by atoms with E-state index in [9.17, 15) is 27.6 Å². The number of amides is 4. The van der Waals surface area contributed by atoms with Crippen LogP contribution in [0.2, 0.25) is 0 Å². The van der Waals surface area contributed by atoms with Gasteiger partial charge >= 0.3 is 6.09 Å². The molecule has 0 spiro atoms. The van der Waals surface area contributed by atoms with Gasteiger partial charge in [0, 0.05) is 12.3 Å². The average molecular weight is 743 g/mol. The maximum atomic E-state index is 14.5. The number of benzene rings is 1. The molecule has 1 aromatic carbocycles. The second-order valence-electron chi connectivity index (χ2n) is 16.1. The van der Waals surface area contributed by atoms with Crippen LogP contribution in [0, 0.1) is 11.3 Å².